The molecule has 142 valence electrons. The van der Waals surface area contributed by atoms with Crippen molar-refractivity contribution in [2.24, 2.45) is 5.10 Å². The zero-order valence-corrected chi connectivity index (χ0v) is 15.6. The topological polar surface area (TPSA) is 87.4 Å². The van der Waals surface area contributed by atoms with Crippen LogP contribution < -0.4 is 5.43 Å². The molecule has 0 atom stereocenters. The van der Waals surface area contributed by atoms with Crippen LogP contribution in [-0.2, 0) is 11.2 Å². The third-order valence-electron chi connectivity index (χ3n) is 4.87. The Morgan fingerprint density at radius 1 is 1.23 bits per heavy atom. The molecule has 26 heavy (non-hydrogen) atoms. The van der Waals surface area contributed by atoms with Crippen LogP contribution in [0.4, 0.5) is 4.79 Å². The van der Waals surface area contributed by atoms with Gasteiger partial charge < -0.3 is 19.0 Å². The SMILES string of the molecule is CCOC(=O)N/N=C1\CCCc2oc(C(=O)N3CCN(C)CC3)c(C)c21. The number of amides is 2. The van der Waals surface area contributed by atoms with Crippen molar-refractivity contribution >= 4 is 17.7 Å². The van der Waals surface area contributed by atoms with Crippen molar-refractivity contribution in [3.63, 3.8) is 0 Å². The predicted molar refractivity (Wildman–Crippen MR) is 96.5 cm³/mol. The van der Waals surface area contributed by atoms with Crippen molar-refractivity contribution in [2.75, 3.05) is 39.8 Å². The summed E-state index contributed by atoms with van der Waals surface area (Å²) in [4.78, 5) is 28.4. The maximum atomic E-state index is 12.9. The Morgan fingerprint density at radius 3 is 2.65 bits per heavy atom. The fourth-order valence-electron chi connectivity index (χ4n) is 3.41. The van der Waals surface area contributed by atoms with E-state index in [0.29, 0.717) is 18.8 Å². The molecule has 0 aromatic carbocycles. The van der Waals surface area contributed by atoms with E-state index < -0.39 is 6.09 Å². The van der Waals surface area contributed by atoms with Crippen molar-refractivity contribution in [3.8, 4) is 0 Å². The number of ether oxygens (including phenoxy) is 1. The van der Waals surface area contributed by atoms with Crippen LogP contribution in [0.15, 0.2) is 9.52 Å². The minimum atomic E-state index is -0.581. The number of piperazine rings is 1. The normalized spacial score (nSPS) is 19.3. The van der Waals surface area contributed by atoms with Gasteiger partial charge in [-0.05, 0) is 33.7 Å². The van der Waals surface area contributed by atoms with Crippen molar-refractivity contribution in [3.05, 3.63) is 22.6 Å². The van der Waals surface area contributed by atoms with Crippen molar-refractivity contribution in [2.45, 2.75) is 33.1 Å². The maximum Gasteiger partial charge on any atom is 0.427 e. The second kappa shape index (κ2) is 7.90. The average Bonchev–Trinajstić information content (AvgIpc) is 2.98. The molecule has 1 aromatic heterocycles. The molecule has 0 radical (unpaired) electrons. The van der Waals surface area contributed by atoms with Crippen LogP contribution in [-0.4, -0.2) is 67.3 Å². The molecule has 1 fully saturated rings. The molecular weight excluding hydrogens is 336 g/mol. The fourth-order valence-corrected chi connectivity index (χ4v) is 3.41. The molecule has 8 nitrogen and oxygen atoms in total. The first-order chi connectivity index (χ1) is 12.5. The fraction of sp³-hybridized carbons (Fsp3) is 0.611. The molecular formula is C18H26N4O4. The van der Waals surface area contributed by atoms with Crippen molar-refractivity contribution < 1.29 is 18.7 Å². The van der Waals surface area contributed by atoms with E-state index in [0.717, 1.165) is 55.0 Å². The third-order valence-corrected chi connectivity index (χ3v) is 4.87. The number of carbonyl (C=O) groups is 2. The number of nitrogens with zero attached hydrogens (tertiary/aromatic N) is 3. The number of carbonyl (C=O) groups excluding carboxylic acids is 2. The first kappa shape index (κ1) is 18.4. The molecule has 0 saturated carbocycles. The first-order valence-corrected chi connectivity index (χ1v) is 9.11. The Balaban J connectivity index is 1.82. The number of hydrogen-bond donors (Lipinski definition) is 1. The van der Waals surface area contributed by atoms with E-state index in [-0.39, 0.29) is 12.5 Å². The molecule has 2 heterocycles. The van der Waals surface area contributed by atoms with Gasteiger partial charge in [-0.2, -0.15) is 5.10 Å². The Labute approximate surface area is 153 Å². The summed E-state index contributed by atoms with van der Waals surface area (Å²) >= 11 is 0. The summed E-state index contributed by atoms with van der Waals surface area (Å²) < 4.78 is 10.8. The molecule has 8 heteroatoms. The molecule has 1 N–H and O–H groups in total. The standard InChI is InChI=1S/C18H26N4O4/c1-4-25-18(24)20-19-13-6-5-7-14-15(13)12(2)16(26-14)17(23)22-10-8-21(3)9-11-22/h4-11H2,1-3H3,(H,20,24)/b19-13+. The number of furan rings is 1. The molecule has 1 aliphatic heterocycles. The lowest BCUT2D eigenvalue weighted by molar-refractivity contribution is 0.0629. The molecule has 1 aliphatic carbocycles. The molecule has 1 saturated heterocycles. The van der Waals surface area contributed by atoms with E-state index in [1.165, 1.54) is 0 Å². The minimum Gasteiger partial charge on any atom is -0.455 e. The zero-order valence-electron chi connectivity index (χ0n) is 15.6. The van der Waals surface area contributed by atoms with Gasteiger partial charge >= 0.3 is 6.09 Å². The highest BCUT2D eigenvalue weighted by Crippen LogP contribution is 2.30. The highest BCUT2D eigenvalue weighted by atomic mass is 16.5. The molecule has 2 amide bonds. The van der Waals surface area contributed by atoms with Crippen LogP contribution >= 0.6 is 0 Å². The second-order valence-electron chi connectivity index (χ2n) is 6.69. The highest BCUT2D eigenvalue weighted by molar-refractivity contribution is 6.06. The summed E-state index contributed by atoms with van der Waals surface area (Å²) in [7, 11) is 2.05. The van der Waals surface area contributed by atoms with Gasteiger partial charge in [0, 0.05) is 43.7 Å². The number of hydrazone groups is 1. The predicted octanol–water partition coefficient (Wildman–Crippen LogP) is 1.76. The zero-order chi connectivity index (χ0) is 18.7. The van der Waals surface area contributed by atoms with Gasteiger partial charge in [-0.25, -0.2) is 10.2 Å². The van der Waals surface area contributed by atoms with Gasteiger partial charge in [0.1, 0.15) is 5.76 Å². The first-order valence-electron chi connectivity index (χ1n) is 9.11. The summed E-state index contributed by atoms with van der Waals surface area (Å²) in [5.74, 6) is 1.10. The van der Waals surface area contributed by atoms with Gasteiger partial charge in [0.05, 0.1) is 12.3 Å². The van der Waals surface area contributed by atoms with Crippen molar-refractivity contribution in [1.29, 1.82) is 0 Å². The van der Waals surface area contributed by atoms with Crippen LogP contribution in [0, 0.1) is 6.92 Å². The number of aryl methyl sites for hydroxylation is 1. The van der Waals surface area contributed by atoms with Crippen LogP contribution in [0.3, 0.4) is 0 Å². The van der Waals surface area contributed by atoms with E-state index in [1.54, 1.807) is 6.92 Å². The van der Waals surface area contributed by atoms with Gasteiger partial charge in [0.25, 0.3) is 5.91 Å². The van der Waals surface area contributed by atoms with Gasteiger partial charge in [-0.1, -0.05) is 0 Å². The molecule has 0 bridgehead atoms. The Kier molecular flexibility index (Phi) is 5.61. The number of fused-ring (bicyclic) bond motifs is 1. The van der Waals surface area contributed by atoms with E-state index in [4.69, 9.17) is 9.15 Å². The van der Waals surface area contributed by atoms with Crippen LogP contribution in [0.5, 0.6) is 0 Å². The van der Waals surface area contributed by atoms with Crippen molar-refractivity contribution in [1.82, 2.24) is 15.2 Å². The lowest BCUT2D eigenvalue weighted by Gasteiger charge is -2.31. The summed E-state index contributed by atoms with van der Waals surface area (Å²) in [6.07, 6.45) is 1.78. The largest absolute Gasteiger partial charge is 0.455 e. The van der Waals surface area contributed by atoms with Gasteiger partial charge in [-0.15, -0.1) is 0 Å². The van der Waals surface area contributed by atoms with Gasteiger partial charge in [0.2, 0.25) is 0 Å². The quantitative estimate of drug-likeness (QED) is 0.828. The second-order valence-corrected chi connectivity index (χ2v) is 6.69. The van der Waals surface area contributed by atoms with Crippen LogP contribution in [0.25, 0.3) is 0 Å². The molecule has 3 rings (SSSR count). The molecule has 0 spiro atoms. The van der Waals surface area contributed by atoms with E-state index in [1.807, 2.05) is 11.8 Å². The maximum absolute atomic E-state index is 12.9. The smallest absolute Gasteiger partial charge is 0.427 e. The number of likely N-dealkylation sites (N-methyl/N-ethyl adjacent to an activating group) is 1. The lowest BCUT2D eigenvalue weighted by atomic mass is 9.93. The van der Waals surface area contributed by atoms with Gasteiger partial charge in [0.15, 0.2) is 5.76 Å². The van der Waals surface area contributed by atoms with Crippen LogP contribution in [0.1, 0.15) is 47.2 Å². The molecule has 1 aromatic rings. The van der Waals surface area contributed by atoms with Gasteiger partial charge in [-0.3, -0.25) is 4.79 Å². The number of rotatable bonds is 3. The van der Waals surface area contributed by atoms with E-state index in [9.17, 15) is 9.59 Å². The molecule has 2 aliphatic rings. The number of nitrogens with one attached hydrogen (secondary N) is 1. The Bertz CT molecular complexity index is 717. The molecule has 0 unspecified atom stereocenters. The summed E-state index contributed by atoms with van der Waals surface area (Å²) in [5, 5.41) is 4.20. The minimum absolute atomic E-state index is 0.0669. The Morgan fingerprint density at radius 2 is 1.96 bits per heavy atom. The number of hydrogen-bond acceptors (Lipinski definition) is 6. The highest BCUT2D eigenvalue weighted by Gasteiger charge is 2.31. The van der Waals surface area contributed by atoms with E-state index in [2.05, 4.69) is 22.5 Å². The lowest BCUT2D eigenvalue weighted by Crippen LogP contribution is -2.47. The summed E-state index contributed by atoms with van der Waals surface area (Å²) in [6.45, 7) is 7.04. The third kappa shape index (κ3) is 3.75. The summed E-state index contributed by atoms with van der Waals surface area (Å²) in [5.41, 5.74) is 4.80. The average molecular weight is 362 g/mol. The monoisotopic (exact) mass is 362 g/mol. The summed E-state index contributed by atoms with van der Waals surface area (Å²) in [6, 6.07) is 0. The van der Waals surface area contributed by atoms with Crippen LogP contribution in [0.2, 0.25) is 0 Å². The Hall–Kier alpha value is -2.35. The van der Waals surface area contributed by atoms with E-state index >= 15 is 0 Å².